The molecule has 8 heteroatoms. The summed E-state index contributed by atoms with van der Waals surface area (Å²) in [6, 6.07) is 9.67. The number of hydrogen-bond donors (Lipinski definition) is 0. The largest absolute Gasteiger partial charge is 0.493 e. The minimum absolute atomic E-state index is 0.109. The Hall–Kier alpha value is -2.74. The van der Waals surface area contributed by atoms with Gasteiger partial charge in [0, 0.05) is 12.1 Å². The number of benzene rings is 2. The van der Waals surface area contributed by atoms with E-state index in [1.807, 2.05) is 35.2 Å². The Morgan fingerprint density at radius 3 is 2.59 bits per heavy atom. The van der Waals surface area contributed by atoms with Gasteiger partial charge < -0.3 is 28.6 Å². The Bertz CT molecular complexity index is 918. The zero-order valence-corrected chi connectivity index (χ0v) is 17.4. The predicted molar refractivity (Wildman–Crippen MR) is 109 cm³/mol. The highest BCUT2D eigenvalue weighted by molar-refractivity contribution is 8.00. The van der Waals surface area contributed by atoms with Crippen LogP contribution in [-0.2, 0) is 11.2 Å². The third-order valence-electron chi connectivity index (χ3n) is 5.05. The molecule has 0 bridgehead atoms. The summed E-state index contributed by atoms with van der Waals surface area (Å²) in [5.41, 5.74) is 1.99. The Labute approximate surface area is 173 Å². The Morgan fingerprint density at radius 2 is 1.83 bits per heavy atom. The van der Waals surface area contributed by atoms with Crippen molar-refractivity contribution >= 4 is 17.7 Å². The summed E-state index contributed by atoms with van der Waals surface area (Å²) in [5, 5.41) is -0.147. The van der Waals surface area contributed by atoms with Crippen LogP contribution < -0.4 is 23.7 Å². The molecule has 0 saturated carbocycles. The first-order chi connectivity index (χ1) is 14.2. The molecule has 2 aliphatic heterocycles. The molecular weight excluding hydrogens is 394 g/mol. The van der Waals surface area contributed by atoms with Crippen LogP contribution in [0.25, 0.3) is 0 Å². The maximum atomic E-state index is 12.6. The summed E-state index contributed by atoms with van der Waals surface area (Å²) < 4.78 is 27.3. The van der Waals surface area contributed by atoms with Gasteiger partial charge in [0.05, 0.1) is 27.1 Å². The SMILES string of the molecule is COc1ccc(C2SCC(=O)N2CCc2ccc3c(c2)OCO3)c(OC)c1OC. The first kappa shape index (κ1) is 19.6. The fourth-order valence-electron chi connectivity index (χ4n) is 3.62. The molecular formula is C21H23NO6S. The summed E-state index contributed by atoms with van der Waals surface area (Å²) >= 11 is 1.58. The maximum Gasteiger partial charge on any atom is 0.233 e. The zero-order valence-electron chi connectivity index (χ0n) is 16.6. The zero-order chi connectivity index (χ0) is 20.4. The van der Waals surface area contributed by atoms with Crippen LogP contribution in [0.5, 0.6) is 28.7 Å². The van der Waals surface area contributed by atoms with Crippen molar-refractivity contribution in [3.63, 3.8) is 0 Å². The minimum atomic E-state index is -0.147. The van der Waals surface area contributed by atoms with Crippen molar-refractivity contribution in [2.45, 2.75) is 11.8 Å². The van der Waals surface area contributed by atoms with E-state index in [0.29, 0.717) is 29.5 Å². The number of carbonyl (C=O) groups is 1. The van der Waals surface area contributed by atoms with E-state index in [1.165, 1.54) is 0 Å². The van der Waals surface area contributed by atoms with Crippen LogP contribution in [-0.4, -0.2) is 51.2 Å². The van der Waals surface area contributed by atoms with E-state index in [1.54, 1.807) is 33.1 Å². The fraction of sp³-hybridized carbons (Fsp3) is 0.381. The molecule has 29 heavy (non-hydrogen) atoms. The first-order valence-electron chi connectivity index (χ1n) is 9.24. The van der Waals surface area contributed by atoms with Gasteiger partial charge in [-0.25, -0.2) is 0 Å². The van der Waals surface area contributed by atoms with Crippen molar-refractivity contribution in [3.8, 4) is 28.7 Å². The van der Waals surface area contributed by atoms with E-state index < -0.39 is 0 Å². The molecule has 154 valence electrons. The molecule has 1 fully saturated rings. The maximum absolute atomic E-state index is 12.6. The summed E-state index contributed by atoms with van der Waals surface area (Å²) in [4.78, 5) is 14.5. The third-order valence-corrected chi connectivity index (χ3v) is 6.28. The topological polar surface area (TPSA) is 66.5 Å². The smallest absolute Gasteiger partial charge is 0.233 e. The highest BCUT2D eigenvalue weighted by Gasteiger charge is 2.35. The molecule has 0 N–H and O–H groups in total. The van der Waals surface area contributed by atoms with Gasteiger partial charge in [-0.05, 0) is 36.2 Å². The predicted octanol–water partition coefficient (Wildman–Crippen LogP) is 3.26. The number of fused-ring (bicyclic) bond motifs is 1. The lowest BCUT2D eigenvalue weighted by Crippen LogP contribution is -2.30. The van der Waals surface area contributed by atoms with E-state index in [0.717, 1.165) is 29.0 Å². The van der Waals surface area contributed by atoms with Gasteiger partial charge in [0.15, 0.2) is 23.0 Å². The third kappa shape index (κ3) is 3.64. The van der Waals surface area contributed by atoms with Gasteiger partial charge in [-0.3, -0.25) is 4.79 Å². The number of rotatable bonds is 7. The van der Waals surface area contributed by atoms with Crippen LogP contribution in [0.3, 0.4) is 0 Å². The summed E-state index contributed by atoms with van der Waals surface area (Å²) in [5.74, 6) is 3.77. The van der Waals surface area contributed by atoms with Crippen molar-refractivity contribution in [1.82, 2.24) is 4.90 Å². The Balaban J connectivity index is 1.57. The van der Waals surface area contributed by atoms with Gasteiger partial charge in [-0.2, -0.15) is 0 Å². The number of ether oxygens (including phenoxy) is 5. The molecule has 7 nitrogen and oxygen atoms in total. The molecule has 1 amide bonds. The van der Waals surface area contributed by atoms with Gasteiger partial charge >= 0.3 is 0 Å². The lowest BCUT2D eigenvalue weighted by Gasteiger charge is -2.26. The molecule has 0 radical (unpaired) electrons. The van der Waals surface area contributed by atoms with Gasteiger partial charge in [0.2, 0.25) is 18.4 Å². The van der Waals surface area contributed by atoms with Gasteiger partial charge in [0.25, 0.3) is 0 Å². The fourth-order valence-corrected chi connectivity index (χ4v) is 4.85. The molecule has 1 atom stereocenters. The molecule has 0 spiro atoms. The van der Waals surface area contributed by atoms with Crippen LogP contribution in [0, 0.1) is 0 Å². The summed E-state index contributed by atoms with van der Waals surface area (Å²) in [7, 11) is 4.76. The van der Waals surface area contributed by atoms with E-state index >= 15 is 0 Å². The molecule has 2 aliphatic rings. The van der Waals surface area contributed by atoms with Crippen molar-refractivity contribution in [2.75, 3.05) is 40.4 Å². The molecule has 2 aromatic rings. The standard InChI is InChI=1S/C21H23NO6S/c1-24-16-7-5-14(19(25-2)20(16)26-3)21-22(18(23)11-29-21)9-8-13-4-6-15-17(10-13)28-12-27-15/h4-7,10,21H,8-9,11-12H2,1-3H3. The normalized spacial score (nSPS) is 17.6. The van der Waals surface area contributed by atoms with Crippen LogP contribution in [0.1, 0.15) is 16.5 Å². The Morgan fingerprint density at radius 1 is 1.03 bits per heavy atom. The molecule has 1 unspecified atom stereocenters. The van der Waals surface area contributed by atoms with E-state index in [-0.39, 0.29) is 18.1 Å². The highest BCUT2D eigenvalue weighted by atomic mass is 32.2. The molecule has 1 saturated heterocycles. The minimum Gasteiger partial charge on any atom is -0.493 e. The molecule has 0 aliphatic carbocycles. The van der Waals surface area contributed by atoms with Crippen LogP contribution in [0.4, 0.5) is 0 Å². The second-order valence-corrected chi connectivity index (χ2v) is 7.68. The van der Waals surface area contributed by atoms with Gasteiger partial charge in [-0.15, -0.1) is 11.8 Å². The van der Waals surface area contributed by atoms with Crippen LogP contribution in [0.15, 0.2) is 30.3 Å². The van der Waals surface area contributed by atoms with Crippen molar-refractivity contribution in [1.29, 1.82) is 0 Å². The average Bonchev–Trinajstić information content (AvgIpc) is 3.36. The van der Waals surface area contributed by atoms with Gasteiger partial charge in [-0.1, -0.05) is 6.07 Å². The molecule has 4 rings (SSSR count). The Kier molecular flexibility index (Phi) is 5.62. The monoisotopic (exact) mass is 417 g/mol. The summed E-state index contributed by atoms with van der Waals surface area (Å²) in [6.45, 7) is 0.842. The lowest BCUT2D eigenvalue weighted by molar-refractivity contribution is -0.128. The number of nitrogens with zero attached hydrogens (tertiary/aromatic N) is 1. The van der Waals surface area contributed by atoms with Crippen molar-refractivity contribution in [2.24, 2.45) is 0 Å². The molecule has 2 heterocycles. The quantitative estimate of drug-likeness (QED) is 0.685. The molecule has 2 aromatic carbocycles. The van der Waals surface area contributed by atoms with E-state index in [9.17, 15) is 4.79 Å². The van der Waals surface area contributed by atoms with Crippen LogP contribution in [0.2, 0.25) is 0 Å². The van der Waals surface area contributed by atoms with E-state index in [2.05, 4.69) is 0 Å². The van der Waals surface area contributed by atoms with Crippen molar-refractivity contribution < 1.29 is 28.5 Å². The van der Waals surface area contributed by atoms with Gasteiger partial charge in [0.1, 0.15) is 5.37 Å². The number of methoxy groups -OCH3 is 3. The molecule has 0 aromatic heterocycles. The van der Waals surface area contributed by atoms with Crippen molar-refractivity contribution in [3.05, 3.63) is 41.5 Å². The second-order valence-electron chi connectivity index (χ2n) is 6.61. The lowest BCUT2D eigenvalue weighted by atomic mass is 10.1. The number of hydrogen-bond acceptors (Lipinski definition) is 7. The number of thioether (sulfide) groups is 1. The van der Waals surface area contributed by atoms with Crippen LogP contribution >= 0.6 is 11.8 Å². The average molecular weight is 417 g/mol. The summed E-state index contributed by atoms with van der Waals surface area (Å²) in [6.07, 6.45) is 0.717. The highest BCUT2D eigenvalue weighted by Crippen LogP contribution is 2.48. The second kappa shape index (κ2) is 8.32. The van der Waals surface area contributed by atoms with E-state index in [4.69, 9.17) is 23.7 Å². The number of carbonyl (C=O) groups excluding carboxylic acids is 1. The first-order valence-corrected chi connectivity index (χ1v) is 10.3. The number of amides is 1.